The van der Waals surface area contributed by atoms with E-state index in [-0.39, 0.29) is 24.9 Å². The summed E-state index contributed by atoms with van der Waals surface area (Å²) in [6.45, 7) is 12.1. The summed E-state index contributed by atoms with van der Waals surface area (Å²) in [5.41, 5.74) is 2.88. The number of fused-ring (bicyclic) bond motifs is 4. The van der Waals surface area contributed by atoms with Gasteiger partial charge in [-0.15, -0.1) is 0 Å². The second kappa shape index (κ2) is 18.5. The molecule has 10 nitrogen and oxygen atoms in total. The lowest BCUT2D eigenvalue weighted by Crippen LogP contribution is -2.61. The first-order chi connectivity index (χ1) is 27.1. The van der Waals surface area contributed by atoms with E-state index in [9.17, 15) is 13.2 Å². The van der Waals surface area contributed by atoms with Crippen LogP contribution < -0.4 is 14.4 Å². The number of anilines is 1. The standard InChI is InChI=1S/C44H63ClN4O6S/c1-4-55-44(31-47-23-24-48-21-8-6-12-38(48)29-47)20-9-10-32(2)42(19-25-53-3)56(51,52)46-43(50)34-15-18-41-40(27-34)49(28-35-14-17-39(35)44)22-7-5-11-33-26-37(45)16-13-36(33)30-54-41/h9,13,15-16,18,20,26-27,32,35,38-39,42H,4-8,10-12,14,17,19,21-25,28-31H2,1-3H3,(H,46,50)/b20-9+/t32-,35-,38+,39+,42+,44-/m0/s1. The van der Waals surface area contributed by atoms with Crippen LogP contribution in [0, 0.1) is 17.8 Å². The van der Waals surface area contributed by atoms with Crippen LogP contribution in [0.4, 0.5) is 5.69 Å². The minimum Gasteiger partial charge on any atom is -0.487 e. The number of piperazine rings is 1. The number of nitrogens with one attached hydrogen (secondary N) is 1. The number of allylic oxidation sites excluding steroid dienone is 1. The Morgan fingerprint density at radius 2 is 1.84 bits per heavy atom. The molecule has 0 radical (unpaired) electrons. The number of ether oxygens (including phenoxy) is 3. The molecule has 2 saturated heterocycles. The normalized spacial score (nSPS) is 31.0. The SMILES string of the molecule is CCO[C@]1(CN2CCN3CCCC[C@@H]3C2)/C=C/C[C@H](C)[C@@H](CCOC)S(=O)(=O)NC(=O)c2ccc3c(c2)N(CCCCc2cc(Cl)ccc2CO3)C[C@@H]2CC[C@H]21. The van der Waals surface area contributed by atoms with E-state index in [2.05, 4.69) is 38.5 Å². The highest BCUT2D eigenvalue weighted by atomic mass is 35.5. The molecule has 2 aromatic rings. The highest BCUT2D eigenvalue weighted by molar-refractivity contribution is 7.90. The first kappa shape index (κ1) is 41.5. The van der Waals surface area contributed by atoms with Gasteiger partial charge >= 0.3 is 0 Å². The van der Waals surface area contributed by atoms with E-state index in [4.69, 9.17) is 25.8 Å². The van der Waals surface area contributed by atoms with E-state index in [0.29, 0.717) is 42.9 Å². The molecule has 4 heterocycles. The molecule has 1 N–H and O–H groups in total. The van der Waals surface area contributed by atoms with E-state index < -0.39 is 26.8 Å². The van der Waals surface area contributed by atoms with E-state index in [1.54, 1.807) is 13.2 Å². The average Bonchev–Trinajstić information content (AvgIpc) is 3.19. The van der Waals surface area contributed by atoms with Crippen LogP contribution in [-0.2, 0) is 32.5 Å². The fourth-order valence-corrected chi connectivity index (χ4v) is 12.0. The number of amides is 1. The zero-order chi connectivity index (χ0) is 39.3. The molecule has 0 aromatic heterocycles. The third-order valence-corrected chi connectivity index (χ3v) is 15.5. The summed E-state index contributed by atoms with van der Waals surface area (Å²) in [5.74, 6) is 0.413. The van der Waals surface area contributed by atoms with Crippen LogP contribution in [-0.4, -0.2) is 107 Å². The maximum Gasteiger partial charge on any atom is 0.264 e. The lowest BCUT2D eigenvalue weighted by atomic mass is 9.63. The van der Waals surface area contributed by atoms with Gasteiger partial charge in [0.2, 0.25) is 10.0 Å². The number of hydrogen-bond donors (Lipinski definition) is 1. The zero-order valence-corrected chi connectivity index (χ0v) is 35.3. The van der Waals surface area contributed by atoms with Crippen LogP contribution >= 0.6 is 11.6 Å². The molecule has 6 atom stereocenters. The summed E-state index contributed by atoms with van der Waals surface area (Å²) in [7, 11) is -2.49. The number of piperidine rings is 1. The highest BCUT2D eigenvalue weighted by Crippen LogP contribution is 2.47. The number of carbonyl (C=O) groups is 1. The van der Waals surface area contributed by atoms with E-state index in [1.165, 1.54) is 31.4 Å². The first-order valence-electron chi connectivity index (χ1n) is 21.2. The Morgan fingerprint density at radius 3 is 2.64 bits per heavy atom. The molecule has 5 aliphatic rings. The smallest absolute Gasteiger partial charge is 0.264 e. The fraction of sp³-hybridized carbons (Fsp3) is 0.659. The van der Waals surface area contributed by atoms with Crippen molar-refractivity contribution in [2.75, 3.05) is 71.0 Å². The van der Waals surface area contributed by atoms with Crippen LogP contribution in [0.15, 0.2) is 48.6 Å². The molecule has 2 bridgehead atoms. The Bertz CT molecular complexity index is 1810. The quantitative estimate of drug-likeness (QED) is 0.294. The number of sulfonamides is 1. The average molecular weight is 812 g/mol. The monoisotopic (exact) mass is 810 g/mol. The Morgan fingerprint density at radius 1 is 0.982 bits per heavy atom. The lowest BCUT2D eigenvalue weighted by molar-refractivity contribution is -0.116. The molecule has 12 heteroatoms. The predicted molar refractivity (Wildman–Crippen MR) is 223 cm³/mol. The minimum atomic E-state index is -4.06. The second-order valence-corrected chi connectivity index (χ2v) is 19.3. The summed E-state index contributed by atoms with van der Waals surface area (Å²) >= 11 is 6.44. The molecule has 0 spiro atoms. The van der Waals surface area contributed by atoms with Gasteiger partial charge < -0.3 is 19.1 Å². The van der Waals surface area contributed by atoms with Crippen molar-refractivity contribution in [1.82, 2.24) is 14.5 Å². The number of hydrogen-bond acceptors (Lipinski definition) is 9. The molecule has 56 heavy (non-hydrogen) atoms. The number of rotatable bonds is 7. The van der Waals surface area contributed by atoms with Crippen LogP contribution in [0.3, 0.4) is 0 Å². The Kier molecular flexibility index (Phi) is 13.7. The van der Waals surface area contributed by atoms with Gasteiger partial charge in [-0.3, -0.25) is 14.6 Å². The predicted octanol–water partition coefficient (Wildman–Crippen LogP) is 7.09. The molecule has 1 amide bonds. The van der Waals surface area contributed by atoms with Crippen molar-refractivity contribution in [3.05, 3.63) is 70.3 Å². The number of halogens is 1. The summed E-state index contributed by atoms with van der Waals surface area (Å²) in [6.07, 6.45) is 14.1. The van der Waals surface area contributed by atoms with Crippen LogP contribution in [0.25, 0.3) is 0 Å². The van der Waals surface area contributed by atoms with Gasteiger partial charge in [-0.25, -0.2) is 13.1 Å². The number of methoxy groups -OCH3 is 1. The summed E-state index contributed by atoms with van der Waals surface area (Å²) < 4.78 is 49.7. The number of aryl methyl sites for hydroxylation is 1. The van der Waals surface area contributed by atoms with Crippen molar-refractivity contribution >= 4 is 33.2 Å². The third-order valence-electron chi connectivity index (χ3n) is 13.3. The van der Waals surface area contributed by atoms with Gasteiger partial charge in [0, 0.05) is 76.2 Å². The van der Waals surface area contributed by atoms with Gasteiger partial charge in [0.15, 0.2) is 0 Å². The lowest BCUT2D eigenvalue weighted by Gasteiger charge is -2.53. The molecular formula is C44H63ClN4O6S. The van der Waals surface area contributed by atoms with Crippen LogP contribution in [0.2, 0.25) is 5.02 Å². The molecule has 7 rings (SSSR count). The molecule has 0 unspecified atom stereocenters. The Balaban J connectivity index is 1.28. The van der Waals surface area contributed by atoms with Gasteiger partial charge in [0.1, 0.15) is 18.0 Å². The van der Waals surface area contributed by atoms with Crippen molar-refractivity contribution in [2.45, 2.75) is 102 Å². The molecule has 4 aliphatic heterocycles. The highest BCUT2D eigenvalue weighted by Gasteiger charge is 2.49. The molecule has 308 valence electrons. The topological polar surface area (TPSA) is 101 Å². The van der Waals surface area contributed by atoms with Crippen molar-refractivity contribution in [2.24, 2.45) is 17.8 Å². The molecule has 3 fully saturated rings. The van der Waals surface area contributed by atoms with Crippen molar-refractivity contribution < 1.29 is 27.4 Å². The van der Waals surface area contributed by atoms with Gasteiger partial charge in [0.05, 0.1) is 10.9 Å². The second-order valence-electron chi connectivity index (χ2n) is 17.0. The zero-order valence-electron chi connectivity index (χ0n) is 33.7. The molecule has 1 aliphatic carbocycles. The van der Waals surface area contributed by atoms with Gasteiger partial charge in [0.25, 0.3) is 5.91 Å². The summed E-state index contributed by atoms with van der Waals surface area (Å²) in [5, 5.41) is -0.104. The first-order valence-corrected chi connectivity index (χ1v) is 23.1. The van der Waals surface area contributed by atoms with Crippen LogP contribution in [0.1, 0.15) is 93.1 Å². The fourth-order valence-electron chi connectivity index (χ4n) is 10.1. The molecular weight excluding hydrogens is 748 g/mol. The van der Waals surface area contributed by atoms with Crippen molar-refractivity contribution in [1.29, 1.82) is 0 Å². The third kappa shape index (κ3) is 9.45. The summed E-state index contributed by atoms with van der Waals surface area (Å²) in [6, 6.07) is 11.9. The van der Waals surface area contributed by atoms with E-state index >= 15 is 0 Å². The van der Waals surface area contributed by atoms with Gasteiger partial charge in [-0.1, -0.05) is 43.2 Å². The number of benzene rings is 2. The van der Waals surface area contributed by atoms with E-state index in [0.717, 1.165) is 87.6 Å². The van der Waals surface area contributed by atoms with Gasteiger partial charge in [-0.2, -0.15) is 0 Å². The minimum absolute atomic E-state index is 0.268. The van der Waals surface area contributed by atoms with Gasteiger partial charge in [-0.05, 0) is 130 Å². The summed E-state index contributed by atoms with van der Waals surface area (Å²) in [4.78, 5) is 21.6. The maximum absolute atomic E-state index is 14.1. The van der Waals surface area contributed by atoms with E-state index in [1.807, 2.05) is 37.3 Å². The number of carbonyl (C=O) groups excluding carboxylic acids is 1. The Labute approximate surface area is 340 Å². The Hall–Kier alpha value is -2.67. The molecule has 1 saturated carbocycles. The van der Waals surface area contributed by atoms with Crippen LogP contribution in [0.5, 0.6) is 5.75 Å². The maximum atomic E-state index is 14.1. The largest absolute Gasteiger partial charge is 0.487 e. The number of nitrogens with zero attached hydrogens (tertiary/aromatic N) is 3. The van der Waals surface area contributed by atoms with Crippen molar-refractivity contribution in [3.63, 3.8) is 0 Å². The van der Waals surface area contributed by atoms with Crippen molar-refractivity contribution in [3.8, 4) is 5.75 Å². The molecule has 2 aromatic carbocycles.